The molecule has 18 heavy (non-hydrogen) atoms. The Kier molecular flexibility index (Phi) is 19.0. The van der Waals surface area contributed by atoms with Gasteiger partial charge in [0.25, 0.3) is 0 Å². The molecule has 0 heterocycles. The molecular formula is C16H37NO. The lowest BCUT2D eigenvalue weighted by Crippen LogP contribution is -2.23. The maximum atomic E-state index is 2.53. The van der Waals surface area contributed by atoms with Crippen LogP contribution in [0.2, 0.25) is 0 Å². The molecule has 0 aromatic carbocycles. The van der Waals surface area contributed by atoms with Gasteiger partial charge in [0.2, 0.25) is 0 Å². The third-order valence-corrected chi connectivity index (χ3v) is 3.72. The first-order chi connectivity index (χ1) is 8.35. The molecule has 0 spiro atoms. The van der Waals surface area contributed by atoms with Gasteiger partial charge in [-0.3, -0.25) is 0 Å². The van der Waals surface area contributed by atoms with Crippen molar-refractivity contribution in [3.63, 3.8) is 0 Å². The molecule has 0 saturated heterocycles. The molecule has 0 aliphatic rings. The van der Waals surface area contributed by atoms with Gasteiger partial charge < -0.3 is 10.4 Å². The van der Waals surface area contributed by atoms with E-state index in [9.17, 15) is 0 Å². The highest BCUT2D eigenvalue weighted by Gasteiger charge is 1.98. The van der Waals surface area contributed by atoms with Gasteiger partial charge in [-0.2, -0.15) is 0 Å². The maximum absolute atomic E-state index is 2.53. The first-order valence-corrected chi connectivity index (χ1v) is 8.07. The fraction of sp³-hybridized carbons (Fsp3) is 1.00. The van der Waals surface area contributed by atoms with E-state index in [4.69, 9.17) is 0 Å². The molecule has 0 aromatic rings. The molecule has 0 bridgehead atoms. The minimum absolute atomic E-state index is 0. The first kappa shape index (κ1) is 20.2. The Balaban J connectivity index is 0. The van der Waals surface area contributed by atoms with Gasteiger partial charge in [-0.05, 0) is 26.1 Å². The Morgan fingerprint density at radius 3 is 1.33 bits per heavy atom. The van der Waals surface area contributed by atoms with Crippen molar-refractivity contribution >= 4 is 0 Å². The van der Waals surface area contributed by atoms with Gasteiger partial charge in [0, 0.05) is 0 Å². The van der Waals surface area contributed by atoms with Crippen LogP contribution in [0.25, 0.3) is 0 Å². The van der Waals surface area contributed by atoms with E-state index in [1.165, 1.54) is 83.8 Å². The molecule has 2 N–H and O–H groups in total. The van der Waals surface area contributed by atoms with Crippen molar-refractivity contribution in [2.75, 3.05) is 19.6 Å². The molecule has 2 nitrogen and oxygen atoms in total. The number of hydrogen-bond acceptors (Lipinski definition) is 1. The van der Waals surface area contributed by atoms with Gasteiger partial charge in [0.1, 0.15) is 0 Å². The highest BCUT2D eigenvalue weighted by atomic mass is 16.0. The Bertz CT molecular complexity index is 135. The van der Waals surface area contributed by atoms with Gasteiger partial charge in [0.15, 0.2) is 0 Å². The lowest BCUT2D eigenvalue weighted by molar-refractivity contribution is 0.295. The van der Waals surface area contributed by atoms with Crippen LogP contribution in [0.1, 0.15) is 85.0 Å². The van der Waals surface area contributed by atoms with Gasteiger partial charge >= 0.3 is 0 Å². The zero-order chi connectivity index (χ0) is 12.8. The SMILES string of the molecule is CCCCCCCCCCCCN(CC)CC.O. The molecule has 2 heteroatoms. The van der Waals surface area contributed by atoms with Crippen LogP contribution in [0.4, 0.5) is 0 Å². The Hall–Kier alpha value is -0.0800. The van der Waals surface area contributed by atoms with Crippen molar-refractivity contribution in [3.8, 4) is 0 Å². The maximum Gasteiger partial charge on any atom is -0.00190 e. The summed E-state index contributed by atoms with van der Waals surface area (Å²) in [6.07, 6.45) is 14.4. The summed E-state index contributed by atoms with van der Waals surface area (Å²) < 4.78 is 0. The van der Waals surface area contributed by atoms with E-state index >= 15 is 0 Å². The minimum Gasteiger partial charge on any atom is -0.412 e. The van der Waals surface area contributed by atoms with Crippen molar-refractivity contribution in [1.82, 2.24) is 4.90 Å². The van der Waals surface area contributed by atoms with Crippen LogP contribution in [0.5, 0.6) is 0 Å². The van der Waals surface area contributed by atoms with Crippen molar-refractivity contribution in [2.24, 2.45) is 0 Å². The molecule has 0 aliphatic heterocycles. The standard InChI is InChI=1S/C16H35N.H2O/c1-4-7-8-9-10-11-12-13-14-15-16-17(5-2)6-3;/h4-16H2,1-3H3;1H2. The van der Waals surface area contributed by atoms with Crippen LogP contribution in [0.3, 0.4) is 0 Å². The lowest BCUT2D eigenvalue weighted by atomic mass is 10.1. The normalized spacial score (nSPS) is 10.7. The fourth-order valence-corrected chi connectivity index (χ4v) is 2.36. The van der Waals surface area contributed by atoms with E-state index < -0.39 is 0 Å². The van der Waals surface area contributed by atoms with Crippen molar-refractivity contribution in [2.45, 2.75) is 85.0 Å². The average Bonchev–Trinajstić information content (AvgIpc) is 2.36. The largest absolute Gasteiger partial charge is 0.412 e. The highest BCUT2D eigenvalue weighted by Crippen LogP contribution is 2.10. The Morgan fingerprint density at radius 2 is 0.944 bits per heavy atom. The molecule has 0 amide bonds. The van der Waals surface area contributed by atoms with Gasteiger partial charge in [-0.25, -0.2) is 0 Å². The number of hydrogen-bond donors (Lipinski definition) is 0. The molecule has 0 fully saturated rings. The summed E-state index contributed by atoms with van der Waals surface area (Å²) >= 11 is 0. The van der Waals surface area contributed by atoms with E-state index in [0.717, 1.165) is 0 Å². The Labute approximate surface area is 115 Å². The molecule has 0 rings (SSSR count). The molecule has 0 unspecified atom stereocenters. The smallest absolute Gasteiger partial charge is 0.00190 e. The Morgan fingerprint density at radius 1 is 0.556 bits per heavy atom. The molecule has 0 aliphatic carbocycles. The summed E-state index contributed by atoms with van der Waals surface area (Å²) in [5, 5.41) is 0. The molecule has 0 radical (unpaired) electrons. The first-order valence-electron chi connectivity index (χ1n) is 8.07. The van der Waals surface area contributed by atoms with E-state index in [1.807, 2.05) is 0 Å². The summed E-state index contributed by atoms with van der Waals surface area (Å²) in [6, 6.07) is 0. The molecule has 0 saturated carbocycles. The van der Waals surface area contributed by atoms with Gasteiger partial charge in [-0.1, -0.05) is 78.6 Å². The van der Waals surface area contributed by atoms with Crippen LogP contribution < -0.4 is 0 Å². The molecule has 0 aromatic heterocycles. The second-order valence-electron chi connectivity index (χ2n) is 5.21. The zero-order valence-electron chi connectivity index (χ0n) is 13.1. The molecule has 0 atom stereocenters. The molecular weight excluding hydrogens is 222 g/mol. The summed E-state index contributed by atoms with van der Waals surface area (Å²) in [5.41, 5.74) is 0. The van der Waals surface area contributed by atoms with Crippen LogP contribution in [0.15, 0.2) is 0 Å². The predicted molar refractivity (Wildman–Crippen MR) is 83.2 cm³/mol. The number of unbranched alkanes of at least 4 members (excludes halogenated alkanes) is 9. The van der Waals surface area contributed by atoms with Crippen molar-refractivity contribution in [1.29, 1.82) is 0 Å². The number of rotatable bonds is 13. The van der Waals surface area contributed by atoms with Crippen LogP contribution in [0, 0.1) is 0 Å². The van der Waals surface area contributed by atoms with E-state index in [2.05, 4.69) is 25.7 Å². The predicted octanol–water partition coefficient (Wildman–Crippen LogP) is 4.42. The van der Waals surface area contributed by atoms with Crippen molar-refractivity contribution in [3.05, 3.63) is 0 Å². The molecule has 112 valence electrons. The van der Waals surface area contributed by atoms with Crippen LogP contribution in [-0.4, -0.2) is 30.0 Å². The summed E-state index contributed by atoms with van der Waals surface area (Å²) in [4.78, 5) is 2.53. The third kappa shape index (κ3) is 14.0. The van der Waals surface area contributed by atoms with E-state index in [1.54, 1.807) is 0 Å². The number of nitrogens with zero attached hydrogens (tertiary/aromatic N) is 1. The second-order valence-corrected chi connectivity index (χ2v) is 5.21. The quantitative estimate of drug-likeness (QED) is 0.451. The second kappa shape index (κ2) is 16.9. The van der Waals surface area contributed by atoms with Crippen LogP contribution >= 0.6 is 0 Å². The summed E-state index contributed by atoms with van der Waals surface area (Å²) in [6.45, 7) is 10.6. The highest BCUT2D eigenvalue weighted by molar-refractivity contribution is 4.53. The van der Waals surface area contributed by atoms with E-state index in [-0.39, 0.29) is 5.48 Å². The van der Waals surface area contributed by atoms with Crippen LogP contribution in [-0.2, 0) is 0 Å². The average molecular weight is 259 g/mol. The monoisotopic (exact) mass is 259 g/mol. The van der Waals surface area contributed by atoms with E-state index in [0.29, 0.717) is 0 Å². The summed E-state index contributed by atoms with van der Waals surface area (Å²) in [7, 11) is 0. The topological polar surface area (TPSA) is 34.7 Å². The minimum atomic E-state index is 0. The summed E-state index contributed by atoms with van der Waals surface area (Å²) in [5.74, 6) is 0. The zero-order valence-corrected chi connectivity index (χ0v) is 13.1. The van der Waals surface area contributed by atoms with Gasteiger partial charge in [-0.15, -0.1) is 0 Å². The van der Waals surface area contributed by atoms with Crippen molar-refractivity contribution < 1.29 is 5.48 Å². The third-order valence-electron chi connectivity index (χ3n) is 3.72. The fourth-order valence-electron chi connectivity index (χ4n) is 2.36. The lowest BCUT2D eigenvalue weighted by Gasteiger charge is -2.17. The van der Waals surface area contributed by atoms with Gasteiger partial charge in [0.05, 0.1) is 0 Å².